The van der Waals surface area contributed by atoms with Crippen molar-refractivity contribution >= 4 is 17.7 Å². The average Bonchev–Trinajstić information content (AvgIpc) is 2.46. The third-order valence-corrected chi connectivity index (χ3v) is 3.39. The maximum Gasteiger partial charge on any atom is 0.329 e. The molecule has 1 saturated heterocycles. The van der Waals surface area contributed by atoms with E-state index in [0.29, 0.717) is 18.7 Å². The van der Waals surface area contributed by atoms with Crippen molar-refractivity contribution in [2.75, 3.05) is 11.9 Å². The van der Waals surface area contributed by atoms with Gasteiger partial charge in [0.2, 0.25) is 0 Å². The zero-order valence-corrected chi connectivity index (χ0v) is 13.4. The first-order chi connectivity index (χ1) is 10.4. The highest BCUT2D eigenvalue weighted by Crippen LogP contribution is 2.21. The summed E-state index contributed by atoms with van der Waals surface area (Å²) in [7, 11) is 0. The molecule has 1 unspecified atom stereocenters. The summed E-state index contributed by atoms with van der Waals surface area (Å²) in [5, 5.41) is 2.78. The molecule has 1 aromatic carbocycles. The summed E-state index contributed by atoms with van der Waals surface area (Å²) >= 11 is 0. The third kappa shape index (κ3) is 4.48. The van der Waals surface area contributed by atoms with Crippen LogP contribution in [0.4, 0.5) is 10.5 Å². The van der Waals surface area contributed by atoms with Gasteiger partial charge in [-0.25, -0.2) is 9.59 Å². The van der Waals surface area contributed by atoms with Gasteiger partial charge in [0.05, 0.1) is 5.69 Å². The molecule has 5 nitrogen and oxygen atoms in total. The van der Waals surface area contributed by atoms with Gasteiger partial charge in [-0.3, -0.25) is 0 Å². The Kier molecular flexibility index (Phi) is 5.06. The second-order valence-electron chi connectivity index (χ2n) is 6.44. The molecule has 1 N–H and O–H groups in total. The third-order valence-electron chi connectivity index (χ3n) is 3.39. The van der Waals surface area contributed by atoms with Crippen LogP contribution in [-0.4, -0.2) is 35.1 Å². The Hall–Kier alpha value is -2.04. The van der Waals surface area contributed by atoms with Crippen molar-refractivity contribution in [2.24, 2.45) is 0 Å². The monoisotopic (exact) mass is 303 g/mol. The van der Waals surface area contributed by atoms with Crippen molar-refractivity contribution in [1.82, 2.24) is 4.90 Å². The van der Waals surface area contributed by atoms with Crippen molar-refractivity contribution in [3.05, 3.63) is 30.3 Å². The smallest absolute Gasteiger partial charge is 0.329 e. The van der Waals surface area contributed by atoms with Crippen molar-refractivity contribution < 1.29 is 14.3 Å². The SMILES string of the molecule is CC(C)(C)OC(=O)C1CCCCN1C(=O)Nc1[c]cccc1. The fraction of sp³-hybridized carbons (Fsp3) is 0.529. The molecule has 0 aromatic heterocycles. The van der Waals surface area contributed by atoms with Gasteiger partial charge in [0, 0.05) is 12.6 Å². The van der Waals surface area contributed by atoms with Gasteiger partial charge in [-0.15, -0.1) is 0 Å². The average molecular weight is 303 g/mol. The van der Waals surface area contributed by atoms with Crippen LogP contribution in [0.25, 0.3) is 0 Å². The second-order valence-corrected chi connectivity index (χ2v) is 6.44. The van der Waals surface area contributed by atoms with Crippen LogP contribution in [0.5, 0.6) is 0 Å². The van der Waals surface area contributed by atoms with E-state index >= 15 is 0 Å². The molecule has 1 radical (unpaired) electrons. The number of carbonyl (C=O) groups is 2. The van der Waals surface area contributed by atoms with Gasteiger partial charge in [-0.1, -0.05) is 18.2 Å². The van der Waals surface area contributed by atoms with Crippen molar-refractivity contribution in [3.8, 4) is 0 Å². The Balaban J connectivity index is 2.05. The highest BCUT2D eigenvalue weighted by atomic mass is 16.6. The predicted octanol–water partition coefficient (Wildman–Crippen LogP) is 3.21. The van der Waals surface area contributed by atoms with Crippen molar-refractivity contribution in [3.63, 3.8) is 0 Å². The largest absolute Gasteiger partial charge is 0.458 e. The number of hydrogen-bond donors (Lipinski definition) is 1. The van der Waals surface area contributed by atoms with Crippen LogP contribution in [0.1, 0.15) is 40.0 Å². The highest BCUT2D eigenvalue weighted by Gasteiger charge is 2.35. The van der Waals surface area contributed by atoms with Crippen LogP contribution in [0.3, 0.4) is 0 Å². The van der Waals surface area contributed by atoms with Gasteiger partial charge in [0.1, 0.15) is 11.6 Å². The molecule has 22 heavy (non-hydrogen) atoms. The van der Waals surface area contributed by atoms with Gasteiger partial charge in [-0.2, -0.15) is 0 Å². The van der Waals surface area contributed by atoms with Crippen LogP contribution >= 0.6 is 0 Å². The number of esters is 1. The van der Waals surface area contributed by atoms with Crippen molar-refractivity contribution in [1.29, 1.82) is 0 Å². The highest BCUT2D eigenvalue weighted by molar-refractivity contribution is 5.92. The first-order valence-electron chi connectivity index (χ1n) is 7.64. The quantitative estimate of drug-likeness (QED) is 0.853. The van der Waals surface area contributed by atoms with E-state index in [4.69, 9.17) is 4.74 Å². The Labute approximate surface area is 131 Å². The molecule has 2 amide bonds. The zero-order chi connectivity index (χ0) is 16.2. The fourth-order valence-corrected chi connectivity index (χ4v) is 2.45. The number of carbonyl (C=O) groups excluding carboxylic acids is 2. The number of nitrogens with one attached hydrogen (secondary N) is 1. The van der Waals surface area contributed by atoms with Gasteiger partial charge >= 0.3 is 12.0 Å². The molecular formula is C17H23N2O3. The van der Waals surface area contributed by atoms with Gasteiger partial charge in [-0.05, 0) is 46.1 Å². The van der Waals surface area contributed by atoms with E-state index in [9.17, 15) is 9.59 Å². The van der Waals surface area contributed by atoms with E-state index < -0.39 is 11.6 Å². The zero-order valence-electron chi connectivity index (χ0n) is 13.4. The van der Waals surface area contributed by atoms with Gasteiger partial charge in [0.25, 0.3) is 0 Å². The summed E-state index contributed by atoms with van der Waals surface area (Å²) < 4.78 is 5.44. The number of likely N-dealkylation sites (tertiary alicyclic amines) is 1. The summed E-state index contributed by atoms with van der Waals surface area (Å²) in [5.74, 6) is -0.334. The van der Waals surface area contributed by atoms with Crippen molar-refractivity contribution in [2.45, 2.75) is 51.7 Å². The number of ether oxygens (including phenoxy) is 1. The Bertz CT molecular complexity index is 522. The minimum Gasteiger partial charge on any atom is -0.458 e. The van der Waals surface area contributed by atoms with Gasteiger partial charge in [0.15, 0.2) is 0 Å². The summed E-state index contributed by atoms with van der Waals surface area (Å²) in [6, 6.07) is 9.31. The molecular weight excluding hydrogens is 280 g/mol. The number of benzene rings is 1. The summed E-state index contributed by atoms with van der Waals surface area (Å²) in [6.45, 7) is 6.05. The predicted molar refractivity (Wildman–Crippen MR) is 84.5 cm³/mol. The minimum absolute atomic E-state index is 0.280. The number of nitrogens with zero attached hydrogens (tertiary/aromatic N) is 1. The molecule has 1 aromatic rings. The lowest BCUT2D eigenvalue weighted by Gasteiger charge is -2.35. The molecule has 1 atom stereocenters. The number of hydrogen-bond acceptors (Lipinski definition) is 3. The van der Waals surface area contributed by atoms with E-state index in [-0.39, 0.29) is 12.0 Å². The lowest BCUT2D eigenvalue weighted by molar-refractivity contribution is -0.161. The number of para-hydroxylation sites is 1. The molecule has 1 fully saturated rings. The molecule has 0 spiro atoms. The van der Waals surface area contributed by atoms with E-state index in [1.165, 1.54) is 0 Å². The number of amides is 2. The van der Waals surface area contributed by atoms with E-state index in [1.807, 2.05) is 32.9 Å². The Morgan fingerprint density at radius 3 is 2.73 bits per heavy atom. The minimum atomic E-state index is -0.552. The first-order valence-corrected chi connectivity index (χ1v) is 7.64. The molecule has 0 saturated carbocycles. The Morgan fingerprint density at radius 1 is 1.32 bits per heavy atom. The first kappa shape index (κ1) is 16.3. The lowest BCUT2D eigenvalue weighted by atomic mass is 10.0. The summed E-state index contributed by atoms with van der Waals surface area (Å²) in [6.07, 6.45) is 2.46. The standard InChI is InChI=1S/C17H23N2O3/c1-17(2,3)22-15(20)14-11-7-8-12-19(14)16(21)18-13-9-5-4-6-10-13/h4-6,9,14H,7-8,11-12H2,1-3H3,(H,18,21). The van der Waals surface area contributed by atoms with E-state index in [1.54, 1.807) is 17.0 Å². The van der Waals surface area contributed by atoms with Crippen LogP contribution in [0, 0.1) is 6.07 Å². The van der Waals surface area contributed by atoms with Gasteiger partial charge < -0.3 is 15.0 Å². The Morgan fingerprint density at radius 2 is 2.09 bits per heavy atom. The lowest BCUT2D eigenvalue weighted by Crippen LogP contribution is -2.51. The molecule has 5 heteroatoms. The molecule has 1 heterocycles. The van der Waals surface area contributed by atoms with E-state index in [0.717, 1.165) is 12.8 Å². The normalized spacial score (nSPS) is 18.7. The molecule has 119 valence electrons. The maximum absolute atomic E-state index is 12.4. The number of urea groups is 1. The topological polar surface area (TPSA) is 58.6 Å². The maximum atomic E-state index is 12.4. The number of rotatable bonds is 2. The second kappa shape index (κ2) is 6.81. The molecule has 2 rings (SSSR count). The van der Waals surface area contributed by atoms with Crippen LogP contribution < -0.4 is 5.32 Å². The number of anilines is 1. The van der Waals surface area contributed by atoms with Crippen LogP contribution in [-0.2, 0) is 9.53 Å². The summed E-state index contributed by atoms with van der Waals surface area (Å²) in [5.41, 5.74) is 0.0465. The molecule has 0 bridgehead atoms. The molecule has 1 aliphatic rings. The number of piperidine rings is 1. The fourth-order valence-electron chi connectivity index (χ4n) is 2.45. The summed E-state index contributed by atoms with van der Waals surface area (Å²) in [4.78, 5) is 26.3. The molecule has 1 aliphatic heterocycles. The van der Waals surface area contributed by atoms with Crippen LogP contribution in [0.15, 0.2) is 24.3 Å². The van der Waals surface area contributed by atoms with E-state index in [2.05, 4.69) is 11.4 Å². The molecule has 0 aliphatic carbocycles. The van der Waals surface area contributed by atoms with Crippen LogP contribution in [0.2, 0.25) is 0 Å².